The number of rotatable bonds is 6. The van der Waals surface area contributed by atoms with Crippen LogP contribution < -0.4 is 15.4 Å². The number of benzene rings is 1. The highest BCUT2D eigenvalue weighted by molar-refractivity contribution is 5.76. The maximum Gasteiger partial charge on any atom is 0.573 e. The van der Waals surface area contributed by atoms with E-state index in [4.69, 9.17) is 0 Å². The Bertz CT molecular complexity index is 899. The van der Waals surface area contributed by atoms with Crippen molar-refractivity contribution < 1.29 is 27.6 Å². The van der Waals surface area contributed by atoms with Gasteiger partial charge in [-0.25, -0.2) is 14.6 Å². The zero-order valence-corrected chi connectivity index (χ0v) is 13.3. The van der Waals surface area contributed by atoms with E-state index in [2.05, 4.69) is 40.3 Å². The number of fused-ring (bicyclic) bond motifs is 1. The highest BCUT2D eigenvalue weighted by Crippen LogP contribution is 2.28. The molecule has 1 unspecified atom stereocenters. The molecule has 0 aliphatic carbocycles. The monoisotopic (exact) mass is 370 g/mol. The lowest BCUT2D eigenvalue weighted by atomic mass is 10.3. The summed E-state index contributed by atoms with van der Waals surface area (Å²) < 4.78 is 45.5. The molecule has 0 radical (unpaired) electrons. The van der Waals surface area contributed by atoms with Gasteiger partial charge in [-0.2, -0.15) is 0 Å². The molecule has 1 atom stereocenters. The number of ether oxygens (including phenoxy) is 1. The standard InChI is InChI=1S/C14H13F3N6O3/c1-7(24)6-18-10-11(21-13-12(20-10)22-26-23-13)19-8-3-2-4-9(5-8)25-14(15,16)17/h2-5,7,24H,6H2,1H3,(H,18,20,22)(H,19,21,23). The number of alkyl halides is 3. The van der Waals surface area contributed by atoms with Gasteiger partial charge in [0.15, 0.2) is 11.6 Å². The van der Waals surface area contributed by atoms with Crippen LogP contribution in [0.5, 0.6) is 5.75 Å². The summed E-state index contributed by atoms with van der Waals surface area (Å²) in [7, 11) is 0. The van der Waals surface area contributed by atoms with Gasteiger partial charge in [-0.3, -0.25) is 0 Å². The summed E-state index contributed by atoms with van der Waals surface area (Å²) in [4.78, 5) is 8.32. The normalized spacial score (nSPS) is 12.8. The average molecular weight is 370 g/mol. The molecule has 3 aromatic rings. The number of aromatic nitrogens is 4. The van der Waals surface area contributed by atoms with E-state index in [1.165, 1.54) is 18.2 Å². The summed E-state index contributed by atoms with van der Waals surface area (Å²) in [5.41, 5.74) is 0.521. The Morgan fingerprint density at radius 3 is 2.54 bits per heavy atom. The fourth-order valence-electron chi connectivity index (χ4n) is 2.00. The van der Waals surface area contributed by atoms with Crippen molar-refractivity contribution in [2.75, 3.05) is 17.2 Å². The van der Waals surface area contributed by atoms with Crippen molar-refractivity contribution >= 4 is 28.6 Å². The van der Waals surface area contributed by atoms with Crippen LogP contribution in [-0.2, 0) is 0 Å². The van der Waals surface area contributed by atoms with E-state index in [1.807, 2.05) is 0 Å². The molecule has 0 saturated heterocycles. The fraction of sp³-hybridized carbons (Fsp3) is 0.286. The predicted molar refractivity (Wildman–Crippen MR) is 84.0 cm³/mol. The lowest BCUT2D eigenvalue weighted by Crippen LogP contribution is -2.18. The number of nitrogens with zero attached hydrogens (tertiary/aromatic N) is 4. The number of halogens is 3. The Morgan fingerprint density at radius 1 is 1.19 bits per heavy atom. The van der Waals surface area contributed by atoms with Gasteiger partial charge in [0.1, 0.15) is 5.75 Å². The first-order valence-corrected chi connectivity index (χ1v) is 7.35. The zero-order chi connectivity index (χ0) is 18.7. The molecule has 0 aliphatic heterocycles. The van der Waals surface area contributed by atoms with Crippen molar-refractivity contribution in [1.82, 2.24) is 20.3 Å². The molecule has 0 amide bonds. The van der Waals surface area contributed by atoms with E-state index < -0.39 is 18.2 Å². The first-order valence-electron chi connectivity index (χ1n) is 7.35. The van der Waals surface area contributed by atoms with Gasteiger partial charge in [0.25, 0.3) is 0 Å². The van der Waals surface area contributed by atoms with Gasteiger partial charge in [-0.05, 0) is 29.4 Å². The maximum atomic E-state index is 12.4. The fourth-order valence-corrected chi connectivity index (χ4v) is 2.00. The highest BCUT2D eigenvalue weighted by Gasteiger charge is 2.31. The van der Waals surface area contributed by atoms with Crippen LogP contribution in [0.25, 0.3) is 11.3 Å². The largest absolute Gasteiger partial charge is 0.573 e. The number of hydrogen-bond acceptors (Lipinski definition) is 9. The molecule has 2 heterocycles. The van der Waals surface area contributed by atoms with Crippen molar-refractivity contribution in [2.24, 2.45) is 0 Å². The molecular formula is C14H13F3N6O3. The Morgan fingerprint density at radius 2 is 1.88 bits per heavy atom. The van der Waals surface area contributed by atoms with Gasteiger partial charge in [0, 0.05) is 18.3 Å². The van der Waals surface area contributed by atoms with Crippen molar-refractivity contribution in [2.45, 2.75) is 19.4 Å². The topological polar surface area (TPSA) is 118 Å². The summed E-state index contributed by atoms with van der Waals surface area (Å²) in [6, 6.07) is 5.23. The van der Waals surface area contributed by atoms with Crippen molar-refractivity contribution in [3.05, 3.63) is 24.3 Å². The highest BCUT2D eigenvalue weighted by atomic mass is 19.4. The predicted octanol–water partition coefficient (Wildman–Crippen LogP) is 2.45. The van der Waals surface area contributed by atoms with E-state index in [0.717, 1.165) is 6.07 Å². The van der Waals surface area contributed by atoms with Crippen LogP contribution >= 0.6 is 0 Å². The third-order valence-electron chi connectivity index (χ3n) is 3.01. The van der Waals surface area contributed by atoms with Gasteiger partial charge in [-0.1, -0.05) is 6.07 Å². The molecule has 1 aromatic carbocycles. The lowest BCUT2D eigenvalue weighted by Gasteiger charge is -2.14. The molecule has 12 heteroatoms. The van der Waals surface area contributed by atoms with E-state index in [0.29, 0.717) is 0 Å². The van der Waals surface area contributed by atoms with Crippen LogP contribution in [0.1, 0.15) is 6.92 Å². The smallest absolute Gasteiger partial charge is 0.406 e. The summed E-state index contributed by atoms with van der Waals surface area (Å²) in [6.45, 7) is 1.74. The van der Waals surface area contributed by atoms with Crippen molar-refractivity contribution in [3.63, 3.8) is 0 Å². The molecule has 138 valence electrons. The Hall–Kier alpha value is -3.15. The Balaban J connectivity index is 1.89. The maximum absolute atomic E-state index is 12.4. The number of aliphatic hydroxyl groups excluding tert-OH is 1. The molecule has 3 rings (SSSR count). The van der Waals surface area contributed by atoms with Crippen LogP contribution in [0.3, 0.4) is 0 Å². The second-order valence-electron chi connectivity index (χ2n) is 5.26. The van der Waals surface area contributed by atoms with E-state index in [1.54, 1.807) is 6.92 Å². The number of aliphatic hydroxyl groups is 1. The quantitative estimate of drug-likeness (QED) is 0.601. The van der Waals surface area contributed by atoms with Crippen LogP contribution in [0.4, 0.5) is 30.5 Å². The average Bonchev–Trinajstić information content (AvgIpc) is 2.98. The van der Waals surface area contributed by atoms with Crippen molar-refractivity contribution in [1.29, 1.82) is 0 Å². The third-order valence-corrected chi connectivity index (χ3v) is 3.01. The molecular weight excluding hydrogens is 357 g/mol. The molecule has 2 aromatic heterocycles. The molecule has 9 nitrogen and oxygen atoms in total. The van der Waals surface area contributed by atoms with Crippen molar-refractivity contribution in [3.8, 4) is 5.75 Å². The minimum atomic E-state index is -4.80. The number of nitrogens with one attached hydrogen (secondary N) is 2. The van der Waals surface area contributed by atoms with Gasteiger partial charge >= 0.3 is 6.36 Å². The minimum absolute atomic E-state index is 0.109. The number of anilines is 3. The Labute approximate surface area is 144 Å². The first kappa shape index (κ1) is 17.7. The molecule has 0 saturated carbocycles. The minimum Gasteiger partial charge on any atom is -0.406 e. The molecule has 26 heavy (non-hydrogen) atoms. The first-order chi connectivity index (χ1) is 12.3. The van der Waals surface area contributed by atoms with Crippen LogP contribution in [0.15, 0.2) is 28.9 Å². The van der Waals surface area contributed by atoms with Gasteiger partial charge < -0.3 is 20.5 Å². The second kappa shape index (κ2) is 7.00. The van der Waals surface area contributed by atoms with Crippen LogP contribution in [-0.4, -0.2) is 44.4 Å². The van der Waals surface area contributed by atoms with Gasteiger partial charge in [0.05, 0.1) is 6.10 Å². The molecule has 0 fully saturated rings. The van der Waals surface area contributed by atoms with Crippen LogP contribution in [0, 0.1) is 0 Å². The lowest BCUT2D eigenvalue weighted by molar-refractivity contribution is -0.274. The molecule has 3 N–H and O–H groups in total. The van der Waals surface area contributed by atoms with E-state index in [-0.39, 0.29) is 35.2 Å². The summed E-state index contributed by atoms with van der Waals surface area (Å²) in [5.74, 6) is -0.00705. The van der Waals surface area contributed by atoms with Gasteiger partial charge in [0.2, 0.25) is 11.3 Å². The zero-order valence-electron chi connectivity index (χ0n) is 13.3. The second-order valence-corrected chi connectivity index (χ2v) is 5.26. The molecule has 0 aliphatic rings. The Kier molecular flexibility index (Phi) is 4.75. The SMILES string of the molecule is CC(O)CNc1nc2nonc2nc1Nc1cccc(OC(F)(F)F)c1. The summed E-state index contributed by atoms with van der Waals surface area (Å²) in [6.07, 6.45) is -5.47. The number of hydrogen-bond donors (Lipinski definition) is 3. The van der Waals surface area contributed by atoms with E-state index >= 15 is 0 Å². The van der Waals surface area contributed by atoms with E-state index in [9.17, 15) is 18.3 Å². The molecule has 0 bridgehead atoms. The molecule has 0 spiro atoms. The third kappa shape index (κ3) is 4.47. The van der Waals surface area contributed by atoms with Gasteiger partial charge in [-0.15, -0.1) is 13.2 Å². The summed E-state index contributed by atoms with van der Waals surface area (Å²) in [5, 5.41) is 22.2. The van der Waals surface area contributed by atoms with Crippen LogP contribution in [0.2, 0.25) is 0 Å². The summed E-state index contributed by atoms with van der Waals surface area (Å²) >= 11 is 0.